The molecule has 3 heteroatoms. The maximum atomic E-state index is 9.10. The molecule has 0 aromatic carbocycles. The van der Waals surface area contributed by atoms with Gasteiger partial charge in [0.05, 0.1) is 12.5 Å². The first-order valence-corrected chi connectivity index (χ1v) is 2.88. The van der Waals surface area contributed by atoms with Gasteiger partial charge >= 0.3 is 0 Å². The van der Waals surface area contributed by atoms with E-state index in [1.54, 1.807) is 12.3 Å². The van der Waals surface area contributed by atoms with Crippen LogP contribution in [0.4, 0.5) is 0 Å². The normalized spacial score (nSPS) is 10.4. The molecular weight excluding hydrogens is 130 g/mol. The summed E-state index contributed by atoms with van der Waals surface area (Å²) in [4.78, 5) is 3.77. The molecule has 0 bridgehead atoms. The average Bonchev–Trinajstić information content (AvgIpc) is 2.36. The molecule has 0 aliphatic carbocycles. The molecule has 0 fully saturated rings. The Kier molecular flexibility index (Phi) is 0.917. The SMILES string of the molecule is Oc1cncc2ccoc12. The molecule has 2 aromatic rings. The lowest BCUT2D eigenvalue weighted by Crippen LogP contribution is -1.69. The molecule has 0 aliphatic heterocycles. The van der Waals surface area contributed by atoms with Gasteiger partial charge in [-0.1, -0.05) is 0 Å². The second-order valence-corrected chi connectivity index (χ2v) is 2.00. The zero-order valence-corrected chi connectivity index (χ0v) is 5.11. The van der Waals surface area contributed by atoms with Crippen molar-refractivity contribution >= 4 is 11.0 Å². The van der Waals surface area contributed by atoms with Crippen LogP contribution in [0.25, 0.3) is 11.0 Å². The van der Waals surface area contributed by atoms with E-state index in [9.17, 15) is 0 Å². The maximum absolute atomic E-state index is 9.10. The molecule has 0 saturated heterocycles. The number of nitrogens with zero attached hydrogens (tertiary/aromatic N) is 1. The number of hydrogen-bond acceptors (Lipinski definition) is 3. The van der Waals surface area contributed by atoms with E-state index < -0.39 is 0 Å². The van der Waals surface area contributed by atoms with E-state index in [1.807, 2.05) is 0 Å². The number of rotatable bonds is 0. The summed E-state index contributed by atoms with van der Waals surface area (Å²) in [5, 5.41) is 9.92. The molecule has 2 heterocycles. The van der Waals surface area contributed by atoms with Crippen molar-refractivity contribution in [1.29, 1.82) is 0 Å². The minimum atomic E-state index is 0.0856. The van der Waals surface area contributed by atoms with Gasteiger partial charge < -0.3 is 9.52 Å². The van der Waals surface area contributed by atoms with Gasteiger partial charge in [0.2, 0.25) is 0 Å². The van der Waals surface area contributed by atoms with Gasteiger partial charge in [-0.25, -0.2) is 0 Å². The first-order chi connectivity index (χ1) is 4.88. The van der Waals surface area contributed by atoms with Crippen molar-refractivity contribution in [3.63, 3.8) is 0 Å². The van der Waals surface area contributed by atoms with Crippen LogP contribution in [0, 0.1) is 0 Å². The third kappa shape index (κ3) is 0.572. The highest BCUT2D eigenvalue weighted by atomic mass is 16.3. The van der Waals surface area contributed by atoms with Crippen LogP contribution >= 0.6 is 0 Å². The van der Waals surface area contributed by atoms with Crippen LogP contribution in [0.1, 0.15) is 0 Å². The van der Waals surface area contributed by atoms with E-state index in [0.29, 0.717) is 5.58 Å². The number of furan rings is 1. The molecule has 1 N–H and O–H groups in total. The first kappa shape index (κ1) is 5.29. The Balaban J connectivity index is 2.95. The summed E-state index contributed by atoms with van der Waals surface area (Å²) in [6.45, 7) is 0. The summed E-state index contributed by atoms with van der Waals surface area (Å²) in [6.07, 6.45) is 4.51. The van der Waals surface area contributed by atoms with Gasteiger partial charge in [-0.15, -0.1) is 0 Å². The Labute approximate surface area is 56.9 Å². The summed E-state index contributed by atoms with van der Waals surface area (Å²) in [7, 11) is 0. The van der Waals surface area contributed by atoms with Crippen LogP contribution in [0.5, 0.6) is 5.75 Å². The molecule has 3 nitrogen and oxygen atoms in total. The third-order valence-corrected chi connectivity index (χ3v) is 1.34. The largest absolute Gasteiger partial charge is 0.503 e. The average molecular weight is 135 g/mol. The number of aromatic nitrogens is 1. The summed E-state index contributed by atoms with van der Waals surface area (Å²) in [5.74, 6) is 0.0856. The lowest BCUT2D eigenvalue weighted by atomic mass is 10.3. The molecule has 0 spiro atoms. The number of aromatic hydroxyl groups is 1. The lowest BCUT2D eigenvalue weighted by Gasteiger charge is -1.88. The molecule has 0 radical (unpaired) electrons. The van der Waals surface area contributed by atoms with Gasteiger partial charge in [0.25, 0.3) is 0 Å². The zero-order valence-electron chi connectivity index (χ0n) is 5.11. The Morgan fingerprint density at radius 2 is 2.30 bits per heavy atom. The highest BCUT2D eigenvalue weighted by molar-refractivity contribution is 5.81. The first-order valence-electron chi connectivity index (χ1n) is 2.88. The van der Waals surface area contributed by atoms with Crippen LogP contribution in [-0.2, 0) is 0 Å². The highest BCUT2D eigenvalue weighted by Crippen LogP contribution is 2.22. The fraction of sp³-hybridized carbons (Fsp3) is 0. The summed E-state index contributed by atoms with van der Waals surface area (Å²) < 4.78 is 4.96. The summed E-state index contributed by atoms with van der Waals surface area (Å²) >= 11 is 0. The quantitative estimate of drug-likeness (QED) is 0.595. The molecule has 2 rings (SSSR count). The fourth-order valence-corrected chi connectivity index (χ4v) is 0.876. The number of hydrogen-bond donors (Lipinski definition) is 1. The van der Waals surface area contributed by atoms with Crippen molar-refractivity contribution in [2.45, 2.75) is 0 Å². The van der Waals surface area contributed by atoms with E-state index in [0.717, 1.165) is 5.39 Å². The van der Waals surface area contributed by atoms with Crippen molar-refractivity contribution in [1.82, 2.24) is 4.98 Å². The molecule has 0 saturated carbocycles. The van der Waals surface area contributed by atoms with Gasteiger partial charge in [0.1, 0.15) is 0 Å². The highest BCUT2D eigenvalue weighted by Gasteiger charge is 2.00. The topological polar surface area (TPSA) is 46.3 Å². The molecular formula is C7H5NO2. The molecule has 2 aromatic heterocycles. The van der Waals surface area contributed by atoms with Crippen molar-refractivity contribution in [2.75, 3.05) is 0 Å². The summed E-state index contributed by atoms with van der Waals surface area (Å²) in [5.41, 5.74) is 0.495. The van der Waals surface area contributed by atoms with Gasteiger partial charge in [-0.3, -0.25) is 4.98 Å². The van der Waals surface area contributed by atoms with Crippen LogP contribution < -0.4 is 0 Å². The fourth-order valence-electron chi connectivity index (χ4n) is 0.876. The minimum absolute atomic E-state index is 0.0856. The number of pyridine rings is 1. The van der Waals surface area contributed by atoms with E-state index in [-0.39, 0.29) is 5.75 Å². The molecule has 10 heavy (non-hydrogen) atoms. The molecule has 0 atom stereocenters. The lowest BCUT2D eigenvalue weighted by molar-refractivity contribution is 0.462. The van der Waals surface area contributed by atoms with Crippen molar-refractivity contribution in [3.8, 4) is 5.75 Å². The standard InChI is InChI=1S/C7H5NO2/c9-6-4-8-3-5-1-2-10-7(5)6/h1-4,9H. The van der Waals surface area contributed by atoms with Crippen molar-refractivity contribution in [3.05, 3.63) is 24.7 Å². The van der Waals surface area contributed by atoms with Crippen molar-refractivity contribution < 1.29 is 9.52 Å². The molecule has 0 aliphatic rings. The van der Waals surface area contributed by atoms with E-state index in [4.69, 9.17) is 9.52 Å². The molecule has 50 valence electrons. The predicted octanol–water partition coefficient (Wildman–Crippen LogP) is 1.53. The molecule has 0 amide bonds. The summed E-state index contributed by atoms with van der Waals surface area (Å²) in [6, 6.07) is 1.75. The van der Waals surface area contributed by atoms with Crippen LogP contribution in [0.2, 0.25) is 0 Å². The van der Waals surface area contributed by atoms with Gasteiger partial charge in [-0.05, 0) is 6.07 Å². The third-order valence-electron chi connectivity index (χ3n) is 1.34. The van der Waals surface area contributed by atoms with Gasteiger partial charge in [0, 0.05) is 11.6 Å². The monoisotopic (exact) mass is 135 g/mol. The Hall–Kier alpha value is -1.51. The van der Waals surface area contributed by atoms with Crippen LogP contribution in [0.15, 0.2) is 29.1 Å². The zero-order chi connectivity index (χ0) is 6.97. The van der Waals surface area contributed by atoms with E-state index in [2.05, 4.69) is 4.98 Å². The van der Waals surface area contributed by atoms with Crippen LogP contribution in [0.3, 0.4) is 0 Å². The van der Waals surface area contributed by atoms with E-state index >= 15 is 0 Å². The predicted molar refractivity (Wildman–Crippen MR) is 35.7 cm³/mol. The molecule has 0 unspecified atom stereocenters. The maximum Gasteiger partial charge on any atom is 0.178 e. The Morgan fingerprint density at radius 3 is 3.10 bits per heavy atom. The van der Waals surface area contributed by atoms with Gasteiger partial charge in [-0.2, -0.15) is 0 Å². The Morgan fingerprint density at radius 1 is 1.40 bits per heavy atom. The second-order valence-electron chi connectivity index (χ2n) is 2.00. The smallest absolute Gasteiger partial charge is 0.178 e. The van der Waals surface area contributed by atoms with E-state index in [1.165, 1.54) is 12.5 Å². The Bertz CT molecular complexity index is 353. The van der Waals surface area contributed by atoms with Gasteiger partial charge in [0.15, 0.2) is 11.3 Å². The number of fused-ring (bicyclic) bond motifs is 1. The van der Waals surface area contributed by atoms with Crippen molar-refractivity contribution in [2.24, 2.45) is 0 Å². The van der Waals surface area contributed by atoms with Crippen LogP contribution in [-0.4, -0.2) is 10.1 Å². The second kappa shape index (κ2) is 1.73. The minimum Gasteiger partial charge on any atom is -0.503 e.